The zero-order valence-electron chi connectivity index (χ0n) is 13.8. The first-order valence-corrected chi connectivity index (χ1v) is 8.62. The minimum absolute atomic E-state index is 0.609. The molecule has 1 heteroatoms. The van der Waals surface area contributed by atoms with E-state index in [-0.39, 0.29) is 0 Å². The maximum absolute atomic E-state index is 2.60. The molecule has 1 atom stereocenters. The van der Waals surface area contributed by atoms with Crippen molar-refractivity contribution in [2.24, 2.45) is 0 Å². The molecule has 0 aromatic heterocycles. The molecule has 0 radical (unpaired) electrons. The molecular formula is C19H33N. The lowest BCUT2D eigenvalue weighted by Crippen LogP contribution is -2.28. The first-order chi connectivity index (χ1) is 9.83. The zero-order valence-corrected chi connectivity index (χ0v) is 13.8. The highest BCUT2D eigenvalue weighted by Gasteiger charge is 2.16. The van der Waals surface area contributed by atoms with E-state index < -0.39 is 0 Å². The lowest BCUT2D eigenvalue weighted by molar-refractivity contribution is 0.204. The van der Waals surface area contributed by atoms with Crippen molar-refractivity contribution >= 4 is 0 Å². The van der Waals surface area contributed by atoms with Gasteiger partial charge < -0.3 is 0 Å². The van der Waals surface area contributed by atoms with Crippen LogP contribution >= 0.6 is 0 Å². The number of unbranched alkanes of at least 4 members (excludes halogenated alkanes) is 5. The second-order valence-corrected chi connectivity index (χ2v) is 5.70. The van der Waals surface area contributed by atoms with Crippen LogP contribution in [0.25, 0.3) is 0 Å². The third kappa shape index (κ3) is 6.09. The Labute approximate surface area is 126 Å². The van der Waals surface area contributed by atoms with Crippen molar-refractivity contribution in [3.63, 3.8) is 0 Å². The molecule has 0 N–H and O–H groups in total. The second-order valence-electron chi connectivity index (χ2n) is 5.70. The average Bonchev–Trinajstić information content (AvgIpc) is 2.50. The summed E-state index contributed by atoms with van der Waals surface area (Å²) < 4.78 is 0. The van der Waals surface area contributed by atoms with Crippen LogP contribution in [0.1, 0.15) is 77.3 Å². The van der Waals surface area contributed by atoms with Gasteiger partial charge in [-0.2, -0.15) is 0 Å². The van der Waals surface area contributed by atoms with Gasteiger partial charge in [0, 0.05) is 6.04 Å². The van der Waals surface area contributed by atoms with E-state index in [1.165, 1.54) is 50.5 Å². The molecule has 0 aliphatic heterocycles. The fraction of sp³-hybridized carbons (Fsp3) is 0.684. The molecule has 0 aliphatic carbocycles. The molecule has 1 unspecified atom stereocenters. The Balaban J connectivity index is 2.47. The Kier molecular flexibility index (Phi) is 9.40. The first kappa shape index (κ1) is 17.2. The SMILES string of the molecule is CCCCCCCCC(c1ccccc1)N(CC)CC. The average molecular weight is 275 g/mol. The van der Waals surface area contributed by atoms with Crippen LogP contribution in [0.2, 0.25) is 0 Å². The van der Waals surface area contributed by atoms with Gasteiger partial charge in [0.25, 0.3) is 0 Å². The highest BCUT2D eigenvalue weighted by molar-refractivity contribution is 5.19. The van der Waals surface area contributed by atoms with Gasteiger partial charge in [-0.3, -0.25) is 4.90 Å². The van der Waals surface area contributed by atoms with Crippen molar-refractivity contribution in [1.29, 1.82) is 0 Å². The summed E-state index contributed by atoms with van der Waals surface area (Å²) in [5.74, 6) is 0. The molecule has 0 saturated carbocycles. The lowest BCUT2D eigenvalue weighted by atomic mass is 9.98. The number of hydrogen-bond donors (Lipinski definition) is 0. The van der Waals surface area contributed by atoms with Gasteiger partial charge in [-0.15, -0.1) is 0 Å². The normalized spacial score (nSPS) is 12.8. The Hall–Kier alpha value is -0.820. The molecule has 20 heavy (non-hydrogen) atoms. The monoisotopic (exact) mass is 275 g/mol. The van der Waals surface area contributed by atoms with Crippen LogP contribution in [0.4, 0.5) is 0 Å². The third-order valence-corrected chi connectivity index (χ3v) is 4.27. The van der Waals surface area contributed by atoms with Gasteiger partial charge in [0.2, 0.25) is 0 Å². The van der Waals surface area contributed by atoms with Gasteiger partial charge >= 0.3 is 0 Å². The van der Waals surface area contributed by atoms with Gasteiger partial charge in [-0.1, -0.05) is 89.6 Å². The summed E-state index contributed by atoms with van der Waals surface area (Å²) in [6.07, 6.45) is 9.62. The molecular weight excluding hydrogens is 242 g/mol. The van der Waals surface area contributed by atoms with Crippen LogP contribution in [0.15, 0.2) is 30.3 Å². The van der Waals surface area contributed by atoms with Crippen molar-refractivity contribution in [3.05, 3.63) is 35.9 Å². The minimum atomic E-state index is 0.609. The van der Waals surface area contributed by atoms with Crippen molar-refractivity contribution in [2.45, 2.75) is 71.8 Å². The van der Waals surface area contributed by atoms with Crippen LogP contribution in [-0.2, 0) is 0 Å². The van der Waals surface area contributed by atoms with Gasteiger partial charge in [0.1, 0.15) is 0 Å². The molecule has 0 aliphatic rings. The van der Waals surface area contributed by atoms with Crippen molar-refractivity contribution < 1.29 is 0 Å². The Morgan fingerprint density at radius 1 is 0.800 bits per heavy atom. The molecule has 114 valence electrons. The van der Waals surface area contributed by atoms with Crippen molar-refractivity contribution in [2.75, 3.05) is 13.1 Å². The molecule has 1 aromatic carbocycles. The van der Waals surface area contributed by atoms with E-state index in [4.69, 9.17) is 0 Å². The molecule has 0 saturated heterocycles. The fourth-order valence-electron chi connectivity index (χ4n) is 3.02. The topological polar surface area (TPSA) is 3.24 Å². The number of rotatable bonds is 11. The highest BCUT2D eigenvalue weighted by atomic mass is 15.1. The number of nitrogens with zero attached hydrogens (tertiary/aromatic N) is 1. The van der Waals surface area contributed by atoms with E-state index in [0.29, 0.717) is 6.04 Å². The fourth-order valence-corrected chi connectivity index (χ4v) is 3.02. The van der Waals surface area contributed by atoms with E-state index in [0.717, 1.165) is 13.1 Å². The van der Waals surface area contributed by atoms with Crippen LogP contribution in [0.3, 0.4) is 0 Å². The summed E-state index contributed by atoms with van der Waals surface area (Å²) in [5.41, 5.74) is 1.49. The van der Waals surface area contributed by atoms with Gasteiger partial charge in [-0.25, -0.2) is 0 Å². The van der Waals surface area contributed by atoms with E-state index >= 15 is 0 Å². The van der Waals surface area contributed by atoms with Crippen LogP contribution in [0, 0.1) is 0 Å². The van der Waals surface area contributed by atoms with Gasteiger partial charge in [0.05, 0.1) is 0 Å². The molecule has 1 nitrogen and oxygen atoms in total. The summed E-state index contributed by atoms with van der Waals surface area (Å²) >= 11 is 0. The van der Waals surface area contributed by atoms with E-state index in [9.17, 15) is 0 Å². The summed E-state index contributed by atoms with van der Waals surface area (Å²) in [6, 6.07) is 11.7. The Morgan fingerprint density at radius 2 is 1.40 bits per heavy atom. The number of benzene rings is 1. The van der Waals surface area contributed by atoms with Crippen LogP contribution < -0.4 is 0 Å². The zero-order chi connectivity index (χ0) is 14.6. The van der Waals surface area contributed by atoms with E-state index in [2.05, 4.69) is 56.0 Å². The maximum atomic E-state index is 2.60. The molecule has 0 bridgehead atoms. The van der Waals surface area contributed by atoms with Crippen molar-refractivity contribution in [1.82, 2.24) is 4.90 Å². The standard InChI is InChI=1S/C19H33N/c1-4-7-8-9-10-14-17-19(20(5-2)6-3)18-15-12-11-13-16-18/h11-13,15-16,19H,4-10,14,17H2,1-3H3. The van der Waals surface area contributed by atoms with Gasteiger partial charge in [-0.05, 0) is 25.1 Å². The molecule has 1 rings (SSSR count). The smallest absolute Gasteiger partial charge is 0.0347 e. The predicted molar refractivity (Wildman–Crippen MR) is 90.1 cm³/mol. The maximum Gasteiger partial charge on any atom is 0.0347 e. The summed E-state index contributed by atoms with van der Waals surface area (Å²) in [4.78, 5) is 2.60. The second kappa shape index (κ2) is 10.9. The van der Waals surface area contributed by atoms with Gasteiger partial charge in [0.15, 0.2) is 0 Å². The Morgan fingerprint density at radius 3 is 2.00 bits per heavy atom. The summed E-state index contributed by atoms with van der Waals surface area (Å²) in [6.45, 7) is 9.13. The molecule has 1 aromatic rings. The van der Waals surface area contributed by atoms with E-state index in [1.807, 2.05) is 0 Å². The summed E-state index contributed by atoms with van der Waals surface area (Å²) in [7, 11) is 0. The highest BCUT2D eigenvalue weighted by Crippen LogP contribution is 2.26. The van der Waals surface area contributed by atoms with E-state index in [1.54, 1.807) is 0 Å². The molecule has 0 spiro atoms. The predicted octanol–water partition coefficient (Wildman–Crippen LogP) is 5.82. The quantitative estimate of drug-likeness (QED) is 0.460. The molecule has 0 heterocycles. The summed E-state index contributed by atoms with van der Waals surface area (Å²) in [5, 5.41) is 0. The largest absolute Gasteiger partial charge is 0.297 e. The van der Waals surface area contributed by atoms with Crippen LogP contribution in [0.5, 0.6) is 0 Å². The Bertz CT molecular complexity index is 316. The number of hydrogen-bond acceptors (Lipinski definition) is 1. The van der Waals surface area contributed by atoms with Crippen molar-refractivity contribution in [3.8, 4) is 0 Å². The first-order valence-electron chi connectivity index (χ1n) is 8.62. The lowest BCUT2D eigenvalue weighted by Gasteiger charge is -2.30. The minimum Gasteiger partial charge on any atom is -0.297 e. The third-order valence-electron chi connectivity index (χ3n) is 4.27. The molecule has 0 amide bonds. The van der Waals surface area contributed by atoms with Crippen LogP contribution in [-0.4, -0.2) is 18.0 Å². The molecule has 0 fully saturated rings.